The Balaban J connectivity index is 0.0000106. The summed E-state index contributed by atoms with van der Waals surface area (Å²) in [6, 6.07) is 13.3. The third-order valence-electron chi connectivity index (χ3n) is 7.26. The molecule has 13 heteroatoms. The van der Waals surface area contributed by atoms with E-state index in [9.17, 15) is 24.0 Å². The molecular weight excluding hydrogens is 616 g/mol. The van der Waals surface area contributed by atoms with Gasteiger partial charge in [-0.15, -0.1) is 12.4 Å². The van der Waals surface area contributed by atoms with Crippen LogP contribution in [-0.2, 0) is 36.8 Å². The molecule has 0 spiro atoms. The molecule has 3 amide bonds. The van der Waals surface area contributed by atoms with Crippen molar-refractivity contribution in [3.05, 3.63) is 65.7 Å². The van der Waals surface area contributed by atoms with Crippen LogP contribution >= 0.6 is 12.4 Å². The third-order valence-corrected chi connectivity index (χ3v) is 7.26. The zero-order valence-electron chi connectivity index (χ0n) is 26.7. The Bertz CT molecular complexity index is 1230. The molecule has 5 N–H and O–H groups in total. The summed E-state index contributed by atoms with van der Waals surface area (Å²) in [6.45, 7) is 8.69. The molecule has 254 valence electrons. The first-order valence-electron chi connectivity index (χ1n) is 15.4. The van der Waals surface area contributed by atoms with E-state index in [0.29, 0.717) is 18.7 Å². The minimum Gasteiger partial charge on any atom is -0.478 e. The molecule has 2 aromatic rings. The normalized spacial score (nSPS) is 12.0. The number of unbranched alkanes of at least 4 members (excludes halogenated alkanes) is 2. The van der Waals surface area contributed by atoms with E-state index in [4.69, 9.17) is 14.9 Å². The average molecular weight is 663 g/mol. The van der Waals surface area contributed by atoms with Crippen LogP contribution in [0, 0.1) is 0 Å². The molecule has 0 aliphatic rings. The lowest BCUT2D eigenvalue weighted by Crippen LogP contribution is -2.55. The third kappa shape index (κ3) is 14.3. The average Bonchev–Trinajstić information content (AvgIpc) is 3.02. The molecule has 0 unspecified atom stereocenters. The Morgan fingerprint density at radius 1 is 0.761 bits per heavy atom. The second kappa shape index (κ2) is 21.6. The molecular formula is C33H47ClN4O8. The molecule has 0 saturated heterocycles. The number of aliphatic carboxylic acids is 2. The van der Waals surface area contributed by atoms with E-state index < -0.39 is 36.0 Å². The fourth-order valence-electron chi connectivity index (χ4n) is 4.60. The number of carbonyl (C=O) groups is 5. The first-order chi connectivity index (χ1) is 21.6. The Morgan fingerprint density at radius 3 is 1.87 bits per heavy atom. The maximum atomic E-state index is 13.7. The number of amides is 3. The highest BCUT2D eigenvalue weighted by atomic mass is 35.5. The van der Waals surface area contributed by atoms with E-state index in [0.717, 1.165) is 37.9 Å². The molecule has 0 fully saturated rings. The van der Waals surface area contributed by atoms with E-state index in [1.54, 1.807) is 12.1 Å². The van der Waals surface area contributed by atoms with E-state index in [2.05, 4.69) is 27.8 Å². The fraction of sp³-hybridized carbons (Fsp3) is 0.485. The van der Waals surface area contributed by atoms with Crippen molar-refractivity contribution in [1.29, 1.82) is 0 Å². The highest BCUT2D eigenvalue weighted by Gasteiger charge is 2.29. The first kappa shape index (κ1) is 39.9. The topological polar surface area (TPSA) is 174 Å². The zero-order chi connectivity index (χ0) is 33.2. The lowest BCUT2D eigenvalue weighted by Gasteiger charge is -2.24. The molecule has 0 heterocycles. The van der Waals surface area contributed by atoms with Gasteiger partial charge in [0.1, 0.15) is 17.8 Å². The Morgan fingerprint density at radius 2 is 1.33 bits per heavy atom. The van der Waals surface area contributed by atoms with Crippen molar-refractivity contribution in [2.24, 2.45) is 0 Å². The van der Waals surface area contributed by atoms with E-state index >= 15 is 0 Å². The summed E-state index contributed by atoms with van der Waals surface area (Å²) in [4.78, 5) is 64.3. The summed E-state index contributed by atoms with van der Waals surface area (Å²) in [5.41, 5.74) is 1.46. The molecule has 0 aromatic heterocycles. The summed E-state index contributed by atoms with van der Waals surface area (Å²) < 4.78 is 5.07. The lowest BCUT2D eigenvalue weighted by atomic mass is 10.0. The monoisotopic (exact) mass is 662 g/mol. The maximum Gasteiger partial charge on any atom is 0.356 e. The van der Waals surface area contributed by atoms with Gasteiger partial charge in [0, 0.05) is 32.4 Å². The van der Waals surface area contributed by atoms with Crippen LogP contribution in [-0.4, -0.2) is 89.1 Å². The van der Waals surface area contributed by atoms with Gasteiger partial charge in [-0.3, -0.25) is 14.4 Å². The molecule has 2 aromatic carbocycles. The van der Waals surface area contributed by atoms with Crippen molar-refractivity contribution in [3.63, 3.8) is 0 Å². The number of hydrogen-bond donors (Lipinski definition) is 5. The second-order valence-electron chi connectivity index (χ2n) is 10.7. The number of benzene rings is 2. The molecule has 46 heavy (non-hydrogen) atoms. The van der Waals surface area contributed by atoms with Crippen LogP contribution in [0.3, 0.4) is 0 Å². The molecule has 0 bridgehead atoms. The van der Waals surface area contributed by atoms with Gasteiger partial charge in [-0.1, -0.05) is 76.1 Å². The first-order valence-corrected chi connectivity index (χ1v) is 15.4. The molecule has 2 rings (SSSR count). The van der Waals surface area contributed by atoms with Crippen LogP contribution in [0.2, 0.25) is 0 Å². The Labute approximate surface area is 276 Å². The number of ether oxygens (including phenoxy) is 1. The predicted octanol–water partition coefficient (Wildman–Crippen LogP) is 2.82. The smallest absolute Gasteiger partial charge is 0.356 e. The van der Waals surface area contributed by atoms with Crippen LogP contribution in [0.1, 0.15) is 57.6 Å². The van der Waals surface area contributed by atoms with Gasteiger partial charge in [0.05, 0.1) is 0 Å². The van der Waals surface area contributed by atoms with Crippen LogP contribution < -0.4 is 20.7 Å². The molecule has 0 aliphatic heterocycles. The van der Waals surface area contributed by atoms with Gasteiger partial charge >= 0.3 is 11.9 Å². The van der Waals surface area contributed by atoms with Crippen molar-refractivity contribution >= 4 is 42.1 Å². The number of rotatable bonds is 21. The van der Waals surface area contributed by atoms with Gasteiger partial charge in [0.15, 0.2) is 0 Å². The summed E-state index contributed by atoms with van der Waals surface area (Å²) in [5, 5.41) is 26.7. The van der Waals surface area contributed by atoms with Gasteiger partial charge in [0.25, 0.3) is 6.10 Å². The number of nitrogens with zero attached hydrogens (tertiary/aromatic N) is 1. The van der Waals surface area contributed by atoms with Gasteiger partial charge in [-0.2, -0.15) is 0 Å². The number of halogens is 1. The SMILES string of the molecule is CCCCCNC(=O)[C@H](Cc1ccc(OC(C(=O)O)C(=O)O)cc1)NC(=O)[C@H](Cc1ccccc1)NC(=O)CCN(CC)CC.Cl. The quantitative estimate of drug-likeness (QED) is 0.0995. The highest BCUT2D eigenvalue weighted by Crippen LogP contribution is 2.16. The van der Waals surface area contributed by atoms with Gasteiger partial charge in [-0.25, -0.2) is 9.59 Å². The highest BCUT2D eigenvalue weighted by molar-refractivity contribution is 5.96. The van der Waals surface area contributed by atoms with Crippen molar-refractivity contribution in [2.45, 2.75) is 77.5 Å². The number of carbonyl (C=O) groups excluding carboxylic acids is 3. The van der Waals surface area contributed by atoms with E-state index in [1.165, 1.54) is 12.1 Å². The molecule has 0 saturated carbocycles. The largest absolute Gasteiger partial charge is 0.478 e. The zero-order valence-corrected chi connectivity index (χ0v) is 27.5. The van der Waals surface area contributed by atoms with Gasteiger partial charge in [0.2, 0.25) is 17.7 Å². The molecule has 2 atom stereocenters. The maximum absolute atomic E-state index is 13.7. The van der Waals surface area contributed by atoms with Crippen molar-refractivity contribution < 1.29 is 38.9 Å². The summed E-state index contributed by atoms with van der Waals surface area (Å²) in [7, 11) is 0. The molecule has 0 radical (unpaired) electrons. The summed E-state index contributed by atoms with van der Waals surface area (Å²) in [5.74, 6) is -4.42. The van der Waals surface area contributed by atoms with Crippen LogP contribution in [0.15, 0.2) is 54.6 Å². The van der Waals surface area contributed by atoms with Crippen molar-refractivity contribution in [1.82, 2.24) is 20.9 Å². The predicted molar refractivity (Wildman–Crippen MR) is 176 cm³/mol. The lowest BCUT2D eigenvalue weighted by molar-refractivity contribution is -0.159. The number of hydrogen-bond acceptors (Lipinski definition) is 7. The number of carboxylic acid groups (broad SMARTS) is 2. The van der Waals surface area contributed by atoms with Gasteiger partial charge < -0.3 is 35.8 Å². The number of carboxylic acids is 2. The van der Waals surface area contributed by atoms with Crippen LogP contribution in [0.25, 0.3) is 0 Å². The summed E-state index contributed by atoms with van der Waals surface area (Å²) in [6.07, 6.45) is 1.16. The standard InChI is InChI=1S/C33H46N4O8.ClH/c1-4-7-11-19-34-30(39)26(22-24-14-16-25(17-15-24)45-29(32(41)42)33(43)44)36-31(40)27(21-23-12-9-8-10-13-23)35-28(38)18-20-37(5-2)6-3;/h8-10,12-17,26-27,29H,4-7,11,18-22H2,1-3H3,(H,34,39)(H,35,38)(H,36,40)(H,41,42)(H,43,44);1H/t26-,27-;/m0./s1. The second-order valence-corrected chi connectivity index (χ2v) is 10.7. The van der Waals surface area contributed by atoms with Crippen molar-refractivity contribution in [2.75, 3.05) is 26.2 Å². The minimum absolute atomic E-state index is 0. The van der Waals surface area contributed by atoms with Crippen molar-refractivity contribution in [3.8, 4) is 5.75 Å². The van der Waals surface area contributed by atoms with Crippen LogP contribution in [0.4, 0.5) is 0 Å². The van der Waals surface area contributed by atoms with E-state index in [1.807, 2.05) is 44.2 Å². The minimum atomic E-state index is -2.07. The Kier molecular flexibility index (Phi) is 18.7. The molecule has 0 aliphatic carbocycles. The van der Waals surface area contributed by atoms with E-state index in [-0.39, 0.29) is 49.2 Å². The van der Waals surface area contributed by atoms with Gasteiger partial charge in [-0.05, 0) is 42.8 Å². The molecule has 12 nitrogen and oxygen atoms in total. The number of nitrogens with one attached hydrogen (secondary N) is 3. The Hall–Kier alpha value is -4.16. The van der Waals surface area contributed by atoms with Crippen LogP contribution in [0.5, 0.6) is 5.75 Å². The fourth-order valence-corrected chi connectivity index (χ4v) is 4.60. The summed E-state index contributed by atoms with van der Waals surface area (Å²) >= 11 is 0.